The van der Waals surface area contributed by atoms with Crippen molar-refractivity contribution in [3.63, 3.8) is 0 Å². The Kier molecular flexibility index (Phi) is 4.02. The summed E-state index contributed by atoms with van der Waals surface area (Å²) in [4.78, 5) is 13.8. The summed E-state index contributed by atoms with van der Waals surface area (Å²) in [7, 11) is 0. The Labute approximate surface area is 113 Å². The number of rotatable bonds is 3. The zero-order chi connectivity index (χ0) is 14.0. The highest BCUT2D eigenvalue weighted by Gasteiger charge is 2.40. The Hall–Kier alpha value is -1.26. The molecule has 0 spiro atoms. The van der Waals surface area contributed by atoms with Crippen molar-refractivity contribution in [1.29, 1.82) is 0 Å². The minimum absolute atomic E-state index is 0.179. The van der Waals surface area contributed by atoms with Gasteiger partial charge in [0.1, 0.15) is 11.4 Å². The fourth-order valence-corrected chi connectivity index (χ4v) is 3.12. The van der Waals surface area contributed by atoms with Crippen molar-refractivity contribution in [2.24, 2.45) is 4.99 Å². The number of isocyanates is 1. The van der Waals surface area contributed by atoms with Crippen LogP contribution in [0.1, 0.15) is 31.2 Å². The molecule has 0 bridgehead atoms. The number of hydrogen-bond acceptors (Lipinski definition) is 3. The number of hydrogen-bond donors (Lipinski definition) is 0. The van der Waals surface area contributed by atoms with Gasteiger partial charge in [0.05, 0.1) is 4.90 Å². The summed E-state index contributed by atoms with van der Waals surface area (Å²) in [6.45, 7) is 0. The first-order valence-electron chi connectivity index (χ1n) is 5.87. The molecular weight excluding hydrogens is 275 g/mol. The highest BCUT2D eigenvalue weighted by atomic mass is 32.2. The van der Waals surface area contributed by atoms with Crippen LogP contribution in [0.25, 0.3) is 0 Å². The van der Waals surface area contributed by atoms with E-state index in [2.05, 4.69) is 4.99 Å². The van der Waals surface area contributed by atoms with Crippen molar-refractivity contribution in [2.45, 2.75) is 36.1 Å². The summed E-state index contributed by atoms with van der Waals surface area (Å²) in [6.07, 6.45) is 5.14. The van der Waals surface area contributed by atoms with E-state index in [4.69, 9.17) is 0 Å². The number of halogens is 3. The molecule has 19 heavy (non-hydrogen) atoms. The maximum Gasteiger partial charge on any atom is 0.235 e. The lowest BCUT2D eigenvalue weighted by Crippen LogP contribution is -2.22. The second-order valence-electron chi connectivity index (χ2n) is 4.51. The smallest absolute Gasteiger partial charge is 0.211 e. The summed E-state index contributed by atoms with van der Waals surface area (Å²) in [5.74, 6) is -3.16. The molecule has 1 fully saturated rings. The van der Waals surface area contributed by atoms with Crippen LogP contribution in [-0.4, -0.2) is 12.3 Å². The third-order valence-electron chi connectivity index (χ3n) is 3.51. The molecular formula is C13H12F3NOS. The van der Waals surface area contributed by atoms with E-state index in [1.54, 1.807) is 0 Å². The van der Waals surface area contributed by atoms with Crippen LogP contribution in [0.5, 0.6) is 0 Å². The normalized spacial score (nSPS) is 17.3. The van der Waals surface area contributed by atoms with Crippen molar-refractivity contribution in [3.8, 4) is 0 Å². The third-order valence-corrected chi connectivity index (χ3v) is 4.29. The molecule has 2 nitrogen and oxygen atoms in total. The lowest BCUT2D eigenvalue weighted by Gasteiger charge is -2.24. The molecule has 1 aliphatic rings. The third kappa shape index (κ3) is 2.30. The van der Waals surface area contributed by atoms with Crippen LogP contribution in [-0.2, 0) is 10.3 Å². The summed E-state index contributed by atoms with van der Waals surface area (Å²) < 4.78 is 41.7. The van der Waals surface area contributed by atoms with E-state index in [9.17, 15) is 18.0 Å². The molecule has 2 rings (SSSR count). The summed E-state index contributed by atoms with van der Waals surface area (Å²) >= 11 is 0.802. The molecule has 0 aliphatic heterocycles. The lowest BCUT2D eigenvalue weighted by atomic mass is 9.88. The predicted octanol–water partition coefficient (Wildman–Crippen LogP) is 3.93. The topological polar surface area (TPSA) is 29.4 Å². The van der Waals surface area contributed by atoms with Gasteiger partial charge in [0.25, 0.3) is 0 Å². The highest BCUT2D eigenvalue weighted by molar-refractivity contribution is 7.98. The number of thioether (sulfide) groups is 1. The molecule has 0 saturated heterocycles. The van der Waals surface area contributed by atoms with Gasteiger partial charge in [0.15, 0.2) is 11.6 Å². The van der Waals surface area contributed by atoms with Gasteiger partial charge in [-0.05, 0) is 25.2 Å². The molecule has 0 amide bonds. The molecule has 0 heterocycles. The Balaban J connectivity index is 2.65. The molecule has 1 saturated carbocycles. The molecule has 0 atom stereocenters. The van der Waals surface area contributed by atoms with E-state index in [1.807, 2.05) is 0 Å². The average Bonchev–Trinajstić information content (AvgIpc) is 2.84. The fourth-order valence-electron chi connectivity index (χ4n) is 2.59. The second-order valence-corrected chi connectivity index (χ2v) is 5.33. The van der Waals surface area contributed by atoms with Crippen LogP contribution in [0, 0.1) is 17.5 Å². The summed E-state index contributed by atoms with van der Waals surface area (Å²) in [5.41, 5.74) is -1.34. The second kappa shape index (κ2) is 5.39. The molecule has 0 N–H and O–H groups in total. The van der Waals surface area contributed by atoms with Crippen molar-refractivity contribution < 1.29 is 18.0 Å². The zero-order valence-corrected chi connectivity index (χ0v) is 11.1. The molecule has 6 heteroatoms. The Bertz CT molecular complexity index is 549. The maximum atomic E-state index is 14.1. The first-order chi connectivity index (χ1) is 9.05. The summed E-state index contributed by atoms with van der Waals surface area (Å²) in [6, 6.07) is 0.955. The molecule has 1 aromatic carbocycles. The molecule has 0 unspecified atom stereocenters. The first kappa shape index (κ1) is 14.2. The maximum absolute atomic E-state index is 14.1. The van der Waals surface area contributed by atoms with Crippen molar-refractivity contribution in [3.05, 3.63) is 29.1 Å². The van der Waals surface area contributed by atoms with Crippen LogP contribution < -0.4 is 0 Å². The quantitative estimate of drug-likeness (QED) is 0.365. The van der Waals surface area contributed by atoms with E-state index in [1.165, 1.54) is 12.3 Å². The number of benzene rings is 1. The van der Waals surface area contributed by atoms with Gasteiger partial charge >= 0.3 is 0 Å². The van der Waals surface area contributed by atoms with E-state index in [0.717, 1.165) is 30.7 Å². The van der Waals surface area contributed by atoms with Gasteiger partial charge < -0.3 is 0 Å². The number of aliphatic imine (C=N–C) groups is 1. The number of carbonyl (C=O) groups excluding carboxylic acids is 1. The average molecular weight is 287 g/mol. The standard InChI is InChI=1S/C13H12F3NOS/c1-19-12-9(14)6-8(10(15)11(12)16)13(17-7-18)4-2-3-5-13/h6H,2-5H2,1H3. The summed E-state index contributed by atoms with van der Waals surface area (Å²) in [5, 5.41) is 0. The van der Waals surface area contributed by atoms with E-state index in [0.29, 0.717) is 12.8 Å². The SMILES string of the molecule is CSc1c(F)cc(C2(N=C=O)CCCC2)c(F)c1F. The largest absolute Gasteiger partial charge is 0.235 e. The van der Waals surface area contributed by atoms with Gasteiger partial charge in [-0.25, -0.2) is 18.0 Å². The van der Waals surface area contributed by atoms with E-state index < -0.39 is 23.0 Å². The van der Waals surface area contributed by atoms with Crippen molar-refractivity contribution in [2.75, 3.05) is 6.26 Å². The van der Waals surface area contributed by atoms with Gasteiger partial charge in [0, 0.05) is 5.56 Å². The van der Waals surface area contributed by atoms with Gasteiger partial charge in [-0.2, -0.15) is 4.99 Å². The van der Waals surface area contributed by atoms with Crippen molar-refractivity contribution in [1.82, 2.24) is 0 Å². The van der Waals surface area contributed by atoms with Crippen LogP contribution >= 0.6 is 11.8 Å². The van der Waals surface area contributed by atoms with Crippen molar-refractivity contribution >= 4 is 17.8 Å². The minimum Gasteiger partial charge on any atom is -0.211 e. The minimum atomic E-state index is -1.21. The fraction of sp³-hybridized carbons (Fsp3) is 0.462. The molecule has 1 aliphatic carbocycles. The monoisotopic (exact) mass is 287 g/mol. The lowest BCUT2D eigenvalue weighted by molar-refractivity contribution is 0.395. The van der Waals surface area contributed by atoms with Crippen LogP contribution in [0.15, 0.2) is 16.0 Å². The van der Waals surface area contributed by atoms with E-state index in [-0.39, 0.29) is 10.5 Å². The first-order valence-corrected chi connectivity index (χ1v) is 7.09. The highest BCUT2D eigenvalue weighted by Crippen LogP contribution is 2.44. The van der Waals surface area contributed by atoms with Gasteiger partial charge in [-0.15, -0.1) is 11.8 Å². The number of nitrogens with zero attached hydrogens (tertiary/aromatic N) is 1. The molecule has 102 valence electrons. The Morgan fingerprint density at radius 1 is 1.26 bits per heavy atom. The van der Waals surface area contributed by atoms with Gasteiger partial charge in [-0.3, -0.25) is 0 Å². The zero-order valence-electron chi connectivity index (χ0n) is 10.3. The van der Waals surface area contributed by atoms with Crippen LogP contribution in [0.2, 0.25) is 0 Å². The predicted molar refractivity (Wildman–Crippen MR) is 66.4 cm³/mol. The van der Waals surface area contributed by atoms with E-state index >= 15 is 0 Å². The Morgan fingerprint density at radius 2 is 1.89 bits per heavy atom. The van der Waals surface area contributed by atoms with Crippen LogP contribution in [0.4, 0.5) is 13.2 Å². The van der Waals surface area contributed by atoms with Gasteiger partial charge in [0.2, 0.25) is 6.08 Å². The van der Waals surface area contributed by atoms with Gasteiger partial charge in [-0.1, -0.05) is 12.8 Å². The molecule has 0 radical (unpaired) electrons. The molecule has 1 aromatic rings. The molecule has 0 aromatic heterocycles. The Morgan fingerprint density at radius 3 is 2.42 bits per heavy atom. The van der Waals surface area contributed by atoms with Crippen LogP contribution in [0.3, 0.4) is 0 Å².